The second-order valence-electron chi connectivity index (χ2n) is 7.86. The van der Waals surface area contributed by atoms with Crippen LogP contribution in [0.2, 0.25) is 5.02 Å². The number of sulfone groups is 1. The summed E-state index contributed by atoms with van der Waals surface area (Å²) < 4.78 is 37.1. The summed E-state index contributed by atoms with van der Waals surface area (Å²) in [6, 6.07) is 13.2. The monoisotopic (exact) mass is 545 g/mol. The Kier molecular flexibility index (Phi) is 8.07. The largest absolute Gasteiger partial charge is 0.495 e. The first-order valence-electron chi connectivity index (χ1n) is 11.0. The summed E-state index contributed by atoms with van der Waals surface area (Å²) in [4.78, 5) is 23.9. The number of pyridine rings is 1. The van der Waals surface area contributed by atoms with Crippen LogP contribution < -0.4 is 14.4 Å². The zero-order chi connectivity index (χ0) is 25.7. The summed E-state index contributed by atoms with van der Waals surface area (Å²) in [7, 11) is -0.416. The standard InChI is InChI=1S/C25H24ClN3O5S2/c1-33-20-9-10-21(34-2)24-23(20)28-25(35-24)29(16-17-11-13-27-14-12-17)22(30)4-3-15-36(31,32)19-7-5-18(26)6-8-19/h5-14H,3-4,15-16H2,1-2H3. The molecule has 0 fully saturated rings. The summed E-state index contributed by atoms with van der Waals surface area (Å²) in [5, 5.41) is 0.926. The summed E-state index contributed by atoms with van der Waals surface area (Å²) >= 11 is 7.18. The van der Waals surface area contributed by atoms with Crippen LogP contribution in [0.25, 0.3) is 10.2 Å². The Bertz CT molecular complexity index is 1420. The van der Waals surface area contributed by atoms with E-state index in [9.17, 15) is 13.2 Å². The van der Waals surface area contributed by atoms with E-state index in [4.69, 9.17) is 26.1 Å². The molecule has 0 aliphatic rings. The van der Waals surface area contributed by atoms with E-state index in [1.54, 1.807) is 43.6 Å². The topological polar surface area (TPSA) is 98.7 Å². The number of carbonyl (C=O) groups excluding carboxylic acids is 1. The molecule has 4 aromatic rings. The molecule has 188 valence electrons. The van der Waals surface area contributed by atoms with Crippen molar-refractivity contribution in [2.75, 3.05) is 24.9 Å². The van der Waals surface area contributed by atoms with E-state index >= 15 is 0 Å². The third-order valence-corrected chi connectivity index (χ3v) is 8.66. The van der Waals surface area contributed by atoms with Gasteiger partial charge in [-0.1, -0.05) is 22.9 Å². The van der Waals surface area contributed by atoms with Gasteiger partial charge in [-0.3, -0.25) is 14.7 Å². The van der Waals surface area contributed by atoms with Gasteiger partial charge < -0.3 is 9.47 Å². The summed E-state index contributed by atoms with van der Waals surface area (Å²) in [6.07, 6.45) is 3.50. The minimum Gasteiger partial charge on any atom is -0.495 e. The van der Waals surface area contributed by atoms with Crippen molar-refractivity contribution in [3.8, 4) is 11.5 Å². The molecule has 0 atom stereocenters. The van der Waals surface area contributed by atoms with Crippen LogP contribution >= 0.6 is 22.9 Å². The molecule has 0 spiro atoms. The lowest BCUT2D eigenvalue weighted by Gasteiger charge is -2.20. The van der Waals surface area contributed by atoms with Crippen molar-refractivity contribution in [3.63, 3.8) is 0 Å². The number of fused-ring (bicyclic) bond motifs is 1. The first-order valence-corrected chi connectivity index (χ1v) is 13.9. The molecule has 0 saturated heterocycles. The van der Waals surface area contributed by atoms with Crippen molar-refractivity contribution < 1.29 is 22.7 Å². The van der Waals surface area contributed by atoms with E-state index in [0.717, 1.165) is 10.3 Å². The lowest BCUT2D eigenvalue weighted by molar-refractivity contribution is -0.118. The van der Waals surface area contributed by atoms with Gasteiger partial charge in [0.1, 0.15) is 21.7 Å². The molecule has 1 amide bonds. The maximum atomic E-state index is 13.4. The van der Waals surface area contributed by atoms with Gasteiger partial charge in [0.25, 0.3) is 0 Å². The normalized spacial score (nSPS) is 11.4. The molecule has 36 heavy (non-hydrogen) atoms. The Morgan fingerprint density at radius 2 is 1.67 bits per heavy atom. The lowest BCUT2D eigenvalue weighted by Crippen LogP contribution is -2.30. The predicted octanol–water partition coefficient (Wildman–Crippen LogP) is 5.15. The highest BCUT2D eigenvalue weighted by molar-refractivity contribution is 7.91. The number of hydrogen-bond acceptors (Lipinski definition) is 8. The van der Waals surface area contributed by atoms with E-state index in [-0.39, 0.29) is 35.9 Å². The van der Waals surface area contributed by atoms with E-state index in [1.807, 2.05) is 12.1 Å². The Morgan fingerprint density at radius 1 is 1.00 bits per heavy atom. The van der Waals surface area contributed by atoms with Gasteiger partial charge in [0.05, 0.1) is 31.4 Å². The second kappa shape index (κ2) is 11.2. The van der Waals surface area contributed by atoms with Crippen molar-refractivity contribution in [1.29, 1.82) is 0 Å². The first-order chi connectivity index (χ1) is 17.3. The molecule has 0 saturated carbocycles. The Balaban J connectivity index is 1.59. The van der Waals surface area contributed by atoms with Crippen LogP contribution in [-0.4, -0.2) is 44.3 Å². The number of benzene rings is 2. The van der Waals surface area contributed by atoms with Crippen LogP contribution in [0.1, 0.15) is 18.4 Å². The van der Waals surface area contributed by atoms with Crippen LogP contribution in [0.4, 0.5) is 5.13 Å². The molecule has 0 bridgehead atoms. The van der Waals surface area contributed by atoms with Gasteiger partial charge in [-0.2, -0.15) is 0 Å². The molecule has 2 aromatic heterocycles. The zero-order valence-electron chi connectivity index (χ0n) is 19.7. The number of rotatable bonds is 10. The van der Waals surface area contributed by atoms with Gasteiger partial charge in [-0.05, 0) is 60.5 Å². The van der Waals surface area contributed by atoms with E-state index in [2.05, 4.69) is 4.98 Å². The Morgan fingerprint density at radius 3 is 2.33 bits per heavy atom. The highest BCUT2D eigenvalue weighted by Crippen LogP contribution is 2.40. The minimum atomic E-state index is -3.54. The maximum Gasteiger partial charge on any atom is 0.229 e. The van der Waals surface area contributed by atoms with Crippen molar-refractivity contribution in [1.82, 2.24) is 9.97 Å². The van der Waals surface area contributed by atoms with Crippen LogP contribution in [0.3, 0.4) is 0 Å². The molecule has 8 nitrogen and oxygen atoms in total. The Hall–Kier alpha value is -3.21. The predicted molar refractivity (Wildman–Crippen MR) is 141 cm³/mol. The zero-order valence-corrected chi connectivity index (χ0v) is 22.1. The molecular formula is C25H24ClN3O5S2. The van der Waals surface area contributed by atoms with Crippen molar-refractivity contribution in [3.05, 3.63) is 71.5 Å². The fourth-order valence-corrected chi connectivity index (χ4v) is 6.16. The van der Waals surface area contributed by atoms with Crippen molar-refractivity contribution >= 4 is 54.0 Å². The van der Waals surface area contributed by atoms with Gasteiger partial charge in [-0.25, -0.2) is 13.4 Å². The van der Waals surface area contributed by atoms with Crippen LogP contribution in [0.15, 0.2) is 65.8 Å². The Labute approximate surface area is 218 Å². The van der Waals surface area contributed by atoms with E-state index < -0.39 is 9.84 Å². The fraction of sp³-hybridized carbons (Fsp3) is 0.240. The second-order valence-corrected chi connectivity index (χ2v) is 11.4. The molecule has 4 rings (SSSR count). The number of ether oxygens (including phenoxy) is 2. The average molecular weight is 546 g/mol. The number of anilines is 1. The molecule has 2 aromatic carbocycles. The number of thiazole rings is 1. The molecular weight excluding hydrogens is 522 g/mol. The van der Waals surface area contributed by atoms with Gasteiger partial charge in [0.15, 0.2) is 15.0 Å². The van der Waals surface area contributed by atoms with E-state index in [1.165, 1.54) is 35.6 Å². The third-order valence-electron chi connectivity index (χ3n) is 5.50. The smallest absolute Gasteiger partial charge is 0.229 e. The van der Waals surface area contributed by atoms with Crippen LogP contribution in [-0.2, 0) is 21.2 Å². The van der Waals surface area contributed by atoms with Crippen molar-refractivity contribution in [2.24, 2.45) is 0 Å². The highest BCUT2D eigenvalue weighted by atomic mass is 35.5. The molecule has 0 unspecified atom stereocenters. The molecule has 2 heterocycles. The summed E-state index contributed by atoms with van der Waals surface area (Å²) in [5.74, 6) is 0.791. The lowest BCUT2D eigenvalue weighted by atomic mass is 10.2. The number of methoxy groups -OCH3 is 2. The molecule has 0 aliphatic heterocycles. The number of hydrogen-bond donors (Lipinski definition) is 0. The van der Waals surface area contributed by atoms with Gasteiger partial charge >= 0.3 is 0 Å². The SMILES string of the molecule is COc1ccc(OC)c2sc(N(Cc3ccncc3)C(=O)CCCS(=O)(=O)c3ccc(Cl)cc3)nc12. The highest BCUT2D eigenvalue weighted by Gasteiger charge is 2.24. The van der Waals surface area contributed by atoms with Crippen LogP contribution in [0, 0.1) is 0 Å². The maximum absolute atomic E-state index is 13.4. The third kappa shape index (κ3) is 5.77. The average Bonchev–Trinajstić information content (AvgIpc) is 3.32. The number of amides is 1. The number of halogens is 1. The molecule has 0 aliphatic carbocycles. The minimum absolute atomic E-state index is 0.0299. The number of carbonyl (C=O) groups is 1. The first kappa shape index (κ1) is 25.9. The van der Waals surface area contributed by atoms with Gasteiger partial charge in [0, 0.05) is 23.8 Å². The van der Waals surface area contributed by atoms with Crippen molar-refractivity contribution in [2.45, 2.75) is 24.3 Å². The molecule has 11 heteroatoms. The van der Waals surface area contributed by atoms with E-state index in [0.29, 0.717) is 27.2 Å². The quantitative estimate of drug-likeness (QED) is 0.272. The summed E-state index contributed by atoms with van der Waals surface area (Å²) in [5.41, 5.74) is 1.46. The molecule has 0 radical (unpaired) electrons. The summed E-state index contributed by atoms with van der Waals surface area (Å²) in [6.45, 7) is 0.260. The number of aromatic nitrogens is 2. The number of nitrogens with zero attached hydrogens (tertiary/aromatic N) is 3. The van der Waals surface area contributed by atoms with Gasteiger partial charge in [-0.15, -0.1) is 0 Å². The van der Waals surface area contributed by atoms with Crippen LogP contribution in [0.5, 0.6) is 11.5 Å². The fourth-order valence-electron chi connectivity index (χ4n) is 3.63. The van der Waals surface area contributed by atoms with Gasteiger partial charge in [0.2, 0.25) is 5.91 Å². The molecule has 0 N–H and O–H groups in total.